The van der Waals surface area contributed by atoms with Crippen molar-refractivity contribution in [2.24, 2.45) is 16.7 Å². The second kappa shape index (κ2) is 21.2. The van der Waals surface area contributed by atoms with Gasteiger partial charge in [0.2, 0.25) is 17.8 Å². The zero-order chi connectivity index (χ0) is 49.9. The molecule has 2 saturated heterocycles. The van der Waals surface area contributed by atoms with Crippen LogP contribution in [0.4, 0.5) is 5.95 Å². The van der Waals surface area contributed by atoms with Gasteiger partial charge in [0.25, 0.3) is 17.7 Å². The Bertz CT molecular complexity index is 2460. The number of aromatic nitrogens is 2. The molecule has 4 heterocycles. The Morgan fingerprint density at radius 1 is 0.857 bits per heavy atom. The highest BCUT2D eigenvalue weighted by atomic mass is 16.5. The summed E-state index contributed by atoms with van der Waals surface area (Å²) in [6, 6.07) is 9.98. The van der Waals surface area contributed by atoms with Gasteiger partial charge < -0.3 is 33.9 Å². The van der Waals surface area contributed by atoms with Gasteiger partial charge in [-0.15, -0.1) is 0 Å². The molecule has 374 valence electrons. The van der Waals surface area contributed by atoms with Crippen LogP contribution in [0.5, 0.6) is 11.5 Å². The van der Waals surface area contributed by atoms with Crippen molar-refractivity contribution >= 4 is 35.5 Å². The molecule has 5 aliphatic rings. The van der Waals surface area contributed by atoms with Crippen molar-refractivity contribution in [3.8, 4) is 17.6 Å². The third-order valence-electron chi connectivity index (χ3n) is 14.9. The highest BCUT2D eigenvalue weighted by Gasteiger charge is 2.64. The quantitative estimate of drug-likeness (QED) is 0.115. The maximum absolute atomic E-state index is 13.6. The molecule has 18 nitrogen and oxygen atoms in total. The number of hydrogen-bond donors (Lipinski definition) is 2. The molecule has 70 heavy (non-hydrogen) atoms. The van der Waals surface area contributed by atoms with Gasteiger partial charge in [-0.2, -0.15) is 5.26 Å². The lowest BCUT2D eigenvalue weighted by Crippen LogP contribution is -2.74. The predicted octanol–water partition coefficient (Wildman–Crippen LogP) is 4.79. The molecule has 0 spiro atoms. The fourth-order valence-corrected chi connectivity index (χ4v) is 11.3. The van der Waals surface area contributed by atoms with E-state index in [0.29, 0.717) is 67.5 Å². The average Bonchev–Trinajstić information content (AvgIpc) is 3.56. The molecule has 1 aromatic heterocycles. The normalized spacial score (nSPS) is 23.8. The second-order valence-corrected chi connectivity index (χ2v) is 20.5. The fourth-order valence-electron chi connectivity index (χ4n) is 11.3. The maximum atomic E-state index is 13.6. The average molecular weight is 963 g/mol. The summed E-state index contributed by atoms with van der Waals surface area (Å²) in [6.07, 6.45) is 6.54. The van der Waals surface area contributed by atoms with E-state index in [1.54, 1.807) is 37.7 Å². The molecule has 0 unspecified atom stereocenters. The van der Waals surface area contributed by atoms with Gasteiger partial charge in [0.15, 0.2) is 0 Å². The molecule has 2 N–H and O–H groups in total. The van der Waals surface area contributed by atoms with Crippen LogP contribution in [0.3, 0.4) is 0 Å². The first-order chi connectivity index (χ1) is 33.5. The van der Waals surface area contributed by atoms with Crippen molar-refractivity contribution in [1.82, 2.24) is 30.4 Å². The summed E-state index contributed by atoms with van der Waals surface area (Å²) in [5.41, 5.74) is 2.45. The highest BCUT2D eigenvalue weighted by molar-refractivity contribution is 6.23. The monoisotopic (exact) mass is 962 g/mol. The van der Waals surface area contributed by atoms with Crippen LogP contribution in [-0.4, -0.2) is 146 Å². The number of aryl methyl sites for hydroxylation is 2. The van der Waals surface area contributed by atoms with Gasteiger partial charge >= 0.3 is 0 Å². The minimum absolute atomic E-state index is 0.0561. The van der Waals surface area contributed by atoms with Gasteiger partial charge in [0.05, 0.1) is 61.4 Å². The zero-order valence-corrected chi connectivity index (χ0v) is 41.4. The summed E-state index contributed by atoms with van der Waals surface area (Å²) >= 11 is 0. The molecule has 0 bridgehead atoms. The number of rotatable bonds is 20. The van der Waals surface area contributed by atoms with Gasteiger partial charge in [-0.1, -0.05) is 27.7 Å². The molecule has 0 radical (unpaired) electrons. The van der Waals surface area contributed by atoms with Crippen LogP contribution in [0, 0.1) is 41.9 Å². The maximum Gasteiger partial charge on any atom is 0.262 e. The Balaban J connectivity index is 0.825. The van der Waals surface area contributed by atoms with Crippen molar-refractivity contribution in [2.75, 3.05) is 71.2 Å². The molecule has 2 aliphatic carbocycles. The number of piperidine rings is 2. The summed E-state index contributed by atoms with van der Waals surface area (Å²) in [6.45, 7) is 18.0. The van der Waals surface area contributed by atoms with E-state index in [4.69, 9.17) is 23.7 Å². The smallest absolute Gasteiger partial charge is 0.262 e. The molecular formula is C52H66N8O10. The first-order valence-corrected chi connectivity index (χ1v) is 24.5. The topological polar surface area (TPSA) is 215 Å². The summed E-state index contributed by atoms with van der Waals surface area (Å²) in [4.78, 5) is 79.4. The summed E-state index contributed by atoms with van der Waals surface area (Å²) in [5, 5.41) is 15.0. The number of hydrogen-bond acceptors (Lipinski definition) is 15. The number of amides is 5. The van der Waals surface area contributed by atoms with E-state index >= 15 is 0 Å². The molecule has 3 aliphatic heterocycles. The lowest BCUT2D eigenvalue weighted by atomic mass is 9.49. The van der Waals surface area contributed by atoms with E-state index in [1.807, 2.05) is 26.0 Å². The van der Waals surface area contributed by atoms with Crippen molar-refractivity contribution < 1.29 is 47.7 Å². The third-order valence-corrected chi connectivity index (χ3v) is 14.9. The van der Waals surface area contributed by atoms with Crippen LogP contribution in [0.1, 0.15) is 114 Å². The standard InChI is InChI=1S/C52H66N8O10/c1-31-22-37(23-32(2)41(31)27-53)70-49-51(3,4)48(52(49,5)6)57-44(62)34-28-54-50(55-29-34)58-14-12-33(13-15-58)30-59(16-17-67-20-21-68-19-18-66-7)35-24-38(25-35)69-36-8-9-39-40(26-36)47(65)60(46(39)64)42-10-11-43(61)56-45(42)63/h8-9,22-23,26,28-29,33,35,38,42,48-49H,10-21,24-25,30H2,1-7H3,(H,57,62)(H,56,61,63)/t35?,38?,42-,48?,49?/m1/s1. The second-order valence-electron chi connectivity index (χ2n) is 20.5. The van der Waals surface area contributed by atoms with Crippen molar-refractivity contribution in [2.45, 2.75) is 110 Å². The first kappa shape index (κ1) is 50.4. The summed E-state index contributed by atoms with van der Waals surface area (Å²) in [5.74, 6) is -0.186. The molecule has 1 atom stereocenters. The van der Waals surface area contributed by atoms with Gasteiger partial charge in [0.1, 0.15) is 29.7 Å². The molecule has 8 rings (SSSR count). The molecular weight excluding hydrogens is 897 g/mol. The minimum Gasteiger partial charge on any atom is -0.490 e. The lowest BCUT2D eigenvalue weighted by molar-refractivity contribution is -0.164. The molecule has 3 aromatic rings. The molecule has 18 heteroatoms. The molecule has 4 fully saturated rings. The van der Waals surface area contributed by atoms with Crippen LogP contribution < -0.4 is 25.0 Å². The Morgan fingerprint density at radius 2 is 1.50 bits per heavy atom. The summed E-state index contributed by atoms with van der Waals surface area (Å²) < 4.78 is 29.5. The number of anilines is 1. The third kappa shape index (κ3) is 10.5. The van der Waals surface area contributed by atoms with Crippen LogP contribution in [0.15, 0.2) is 42.7 Å². The van der Waals surface area contributed by atoms with Crippen LogP contribution in [0.2, 0.25) is 0 Å². The molecule has 2 aromatic carbocycles. The first-order valence-electron chi connectivity index (χ1n) is 24.5. The highest BCUT2D eigenvalue weighted by Crippen LogP contribution is 2.55. The van der Waals surface area contributed by atoms with E-state index < -0.39 is 29.7 Å². The number of nitrogens with zero attached hydrogens (tertiary/aromatic N) is 6. The van der Waals surface area contributed by atoms with E-state index in [0.717, 1.165) is 67.9 Å². The number of nitrogens with one attached hydrogen (secondary N) is 2. The Morgan fingerprint density at radius 3 is 2.14 bits per heavy atom. The van der Waals surface area contributed by atoms with E-state index in [2.05, 4.69) is 64.2 Å². The Hall–Kier alpha value is -6.00. The number of fused-ring (bicyclic) bond motifs is 1. The van der Waals surface area contributed by atoms with E-state index in [9.17, 15) is 29.2 Å². The zero-order valence-electron chi connectivity index (χ0n) is 41.4. The van der Waals surface area contributed by atoms with Crippen molar-refractivity contribution in [3.63, 3.8) is 0 Å². The number of nitriles is 1. The number of carbonyl (C=O) groups excluding carboxylic acids is 5. The molecule has 5 amide bonds. The van der Waals surface area contributed by atoms with Crippen molar-refractivity contribution in [3.05, 3.63) is 76.1 Å². The SMILES string of the molecule is COCCOCCOCCN(CC1CCN(c2ncc(C(=O)NC3C(C)(C)C(Oc4cc(C)c(C#N)c(C)c4)C3(C)C)cn2)CC1)C1CC(Oc2ccc3c(c2)C(=O)N([C@@H]2CCC(=O)NC2=O)C3=O)C1. The number of methoxy groups -OCH3 is 1. The Kier molecular flexibility index (Phi) is 15.2. The predicted molar refractivity (Wildman–Crippen MR) is 256 cm³/mol. The fraction of sp³-hybridized carbons (Fsp3) is 0.577. The minimum atomic E-state index is -1.03. The van der Waals surface area contributed by atoms with Crippen LogP contribution in [0.25, 0.3) is 0 Å². The number of benzene rings is 2. The van der Waals surface area contributed by atoms with Crippen LogP contribution >= 0.6 is 0 Å². The summed E-state index contributed by atoms with van der Waals surface area (Å²) in [7, 11) is 1.64. The number of ether oxygens (including phenoxy) is 5. The van der Waals surface area contributed by atoms with Gasteiger partial charge in [0, 0.05) is 87.9 Å². The number of imide groups is 2. The lowest BCUT2D eigenvalue weighted by Gasteiger charge is -2.63. The van der Waals surface area contributed by atoms with E-state index in [1.165, 1.54) is 0 Å². The number of carbonyl (C=O) groups is 5. The molecule has 2 saturated carbocycles. The van der Waals surface area contributed by atoms with Crippen LogP contribution in [-0.2, 0) is 23.8 Å². The van der Waals surface area contributed by atoms with Gasteiger partial charge in [-0.25, -0.2) is 9.97 Å². The largest absolute Gasteiger partial charge is 0.490 e. The van der Waals surface area contributed by atoms with Gasteiger partial charge in [-0.3, -0.25) is 39.1 Å². The van der Waals surface area contributed by atoms with Crippen molar-refractivity contribution in [1.29, 1.82) is 5.26 Å². The van der Waals surface area contributed by atoms with E-state index in [-0.39, 0.29) is 65.0 Å². The van der Waals surface area contributed by atoms with Gasteiger partial charge in [-0.05, 0) is 80.5 Å². The Labute approximate surface area is 409 Å².